The minimum absolute atomic E-state index is 0.0580. The fourth-order valence-electron chi connectivity index (χ4n) is 3.89. The van der Waals surface area contributed by atoms with Gasteiger partial charge in [0.2, 0.25) is 5.91 Å². The van der Waals surface area contributed by atoms with E-state index in [9.17, 15) is 34.4 Å². The second-order valence-corrected chi connectivity index (χ2v) is 11.3. The molecule has 0 aliphatic carbocycles. The number of thioether (sulfide) groups is 1. The van der Waals surface area contributed by atoms with Crippen LogP contribution in [0.1, 0.15) is 33.2 Å². The molecule has 0 saturated carbocycles. The van der Waals surface area contributed by atoms with E-state index in [4.69, 9.17) is 11.6 Å². The van der Waals surface area contributed by atoms with Gasteiger partial charge in [0, 0.05) is 34.0 Å². The number of non-ortho nitro benzene ring substituents is 1. The number of anilines is 2. The molecule has 45 heavy (non-hydrogen) atoms. The maximum absolute atomic E-state index is 13.3. The Labute approximate surface area is 266 Å². The number of halogens is 1. The van der Waals surface area contributed by atoms with Crippen molar-refractivity contribution in [1.29, 1.82) is 0 Å². The summed E-state index contributed by atoms with van der Waals surface area (Å²) in [6.45, 7) is 1.69. The van der Waals surface area contributed by atoms with Gasteiger partial charge in [0.05, 0.1) is 20.8 Å². The molecule has 0 heterocycles. The van der Waals surface area contributed by atoms with Gasteiger partial charge in [-0.1, -0.05) is 29.8 Å². The standard InChI is InChI=1S/C32H25ClN4O7S/c1-19(29(38)35-23-11-16-27(33)26(18-23)32(41)42)45-25-14-9-22(10-15-25)34-31(40)28(36-30(39)21-5-3-2-4-6-21)17-20-7-12-24(13-8-20)37(43)44/h2-19H,1H3,(H,34,40)(H,35,38)(H,36,39)(H,41,42)/b28-17-. The van der Waals surface area contributed by atoms with Crippen molar-refractivity contribution in [1.82, 2.24) is 5.32 Å². The van der Waals surface area contributed by atoms with Crippen molar-refractivity contribution in [3.63, 3.8) is 0 Å². The van der Waals surface area contributed by atoms with Crippen LogP contribution in [0.3, 0.4) is 0 Å². The summed E-state index contributed by atoms with van der Waals surface area (Å²) < 4.78 is 0. The fraction of sp³-hybridized carbons (Fsp3) is 0.0625. The van der Waals surface area contributed by atoms with Crippen molar-refractivity contribution in [2.75, 3.05) is 10.6 Å². The van der Waals surface area contributed by atoms with Crippen molar-refractivity contribution in [2.24, 2.45) is 0 Å². The number of hydrogen-bond donors (Lipinski definition) is 4. The maximum atomic E-state index is 13.3. The van der Waals surface area contributed by atoms with Crippen LogP contribution in [0.4, 0.5) is 17.1 Å². The number of nitro benzene ring substituents is 1. The van der Waals surface area contributed by atoms with E-state index in [1.807, 2.05) is 0 Å². The van der Waals surface area contributed by atoms with E-state index in [0.29, 0.717) is 22.5 Å². The minimum atomic E-state index is -1.21. The predicted octanol–water partition coefficient (Wildman–Crippen LogP) is 6.48. The molecule has 4 aromatic carbocycles. The summed E-state index contributed by atoms with van der Waals surface area (Å²) >= 11 is 7.14. The predicted molar refractivity (Wildman–Crippen MR) is 172 cm³/mol. The summed E-state index contributed by atoms with van der Waals surface area (Å²) in [6.07, 6.45) is 1.41. The average Bonchev–Trinajstić information content (AvgIpc) is 3.03. The number of carbonyl (C=O) groups excluding carboxylic acids is 3. The zero-order chi connectivity index (χ0) is 32.5. The Hall–Kier alpha value is -5.46. The Kier molecular flexibility index (Phi) is 10.7. The van der Waals surface area contributed by atoms with Crippen molar-refractivity contribution in [3.8, 4) is 0 Å². The SMILES string of the molecule is CC(Sc1ccc(NC(=O)/C(=C/c2ccc([N+](=O)[O-])cc2)NC(=O)c2ccccc2)cc1)C(=O)Nc1ccc(Cl)c(C(=O)O)c1. The van der Waals surface area contributed by atoms with Gasteiger partial charge < -0.3 is 21.1 Å². The van der Waals surface area contributed by atoms with Gasteiger partial charge in [0.15, 0.2) is 0 Å². The highest BCUT2D eigenvalue weighted by Crippen LogP contribution is 2.27. The number of amides is 3. The lowest BCUT2D eigenvalue weighted by Crippen LogP contribution is -2.30. The summed E-state index contributed by atoms with van der Waals surface area (Å²) in [5, 5.41) is 27.8. The molecule has 0 saturated heterocycles. The van der Waals surface area contributed by atoms with Crippen LogP contribution in [0.5, 0.6) is 0 Å². The van der Waals surface area contributed by atoms with Gasteiger partial charge in [0.1, 0.15) is 5.70 Å². The molecule has 0 fully saturated rings. The van der Waals surface area contributed by atoms with Crippen LogP contribution in [0.15, 0.2) is 108 Å². The van der Waals surface area contributed by atoms with Crippen molar-refractivity contribution in [2.45, 2.75) is 17.1 Å². The molecule has 11 nitrogen and oxygen atoms in total. The van der Waals surface area contributed by atoms with Crippen LogP contribution in [-0.2, 0) is 9.59 Å². The van der Waals surface area contributed by atoms with Crippen molar-refractivity contribution in [3.05, 3.63) is 135 Å². The fourth-order valence-corrected chi connectivity index (χ4v) is 4.95. The summed E-state index contributed by atoms with van der Waals surface area (Å²) in [4.78, 5) is 61.3. The molecule has 4 N–H and O–H groups in total. The van der Waals surface area contributed by atoms with E-state index in [0.717, 1.165) is 4.90 Å². The van der Waals surface area contributed by atoms with Gasteiger partial charge in [-0.25, -0.2) is 4.79 Å². The van der Waals surface area contributed by atoms with E-state index in [2.05, 4.69) is 16.0 Å². The summed E-state index contributed by atoms with van der Waals surface area (Å²) in [5.41, 5.74) is 1.16. The van der Waals surface area contributed by atoms with E-state index < -0.39 is 28.0 Å². The number of nitrogens with one attached hydrogen (secondary N) is 3. The van der Waals surface area contributed by atoms with Crippen LogP contribution < -0.4 is 16.0 Å². The second kappa shape index (κ2) is 14.8. The van der Waals surface area contributed by atoms with Gasteiger partial charge in [-0.05, 0) is 85.3 Å². The molecule has 0 aromatic heterocycles. The molecule has 3 amide bonds. The zero-order valence-electron chi connectivity index (χ0n) is 23.5. The largest absolute Gasteiger partial charge is 0.478 e. The first kappa shape index (κ1) is 32.5. The average molecular weight is 645 g/mol. The smallest absolute Gasteiger partial charge is 0.337 e. The Morgan fingerprint density at radius 3 is 2.16 bits per heavy atom. The molecule has 0 aliphatic rings. The third-order valence-electron chi connectivity index (χ3n) is 6.20. The number of carbonyl (C=O) groups is 4. The maximum Gasteiger partial charge on any atom is 0.337 e. The molecule has 4 aromatic rings. The molecular formula is C32H25ClN4O7S. The van der Waals surface area contributed by atoms with E-state index in [-0.39, 0.29) is 27.9 Å². The number of carboxylic acid groups (broad SMARTS) is 1. The third kappa shape index (κ3) is 9.02. The number of nitrogens with zero attached hydrogens (tertiary/aromatic N) is 1. The van der Waals surface area contributed by atoms with E-state index >= 15 is 0 Å². The highest BCUT2D eigenvalue weighted by atomic mass is 35.5. The topological polar surface area (TPSA) is 168 Å². The van der Waals surface area contributed by atoms with Crippen LogP contribution in [-0.4, -0.2) is 39.0 Å². The molecular weight excluding hydrogens is 620 g/mol. The van der Waals surface area contributed by atoms with Crippen LogP contribution in [0.2, 0.25) is 5.02 Å². The molecule has 228 valence electrons. The first-order chi connectivity index (χ1) is 21.5. The lowest BCUT2D eigenvalue weighted by atomic mass is 10.1. The number of carboxylic acids is 1. The molecule has 1 unspecified atom stereocenters. The number of benzene rings is 4. The van der Waals surface area contributed by atoms with Crippen LogP contribution >= 0.6 is 23.4 Å². The minimum Gasteiger partial charge on any atom is -0.478 e. The monoisotopic (exact) mass is 644 g/mol. The number of rotatable bonds is 11. The number of nitro groups is 1. The zero-order valence-corrected chi connectivity index (χ0v) is 25.1. The summed E-state index contributed by atoms with van der Waals surface area (Å²) in [6, 6.07) is 24.7. The normalized spacial score (nSPS) is 11.6. The second-order valence-electron chi connectivity index (χ2n) is 9.45. The molecule has 0 aliphatic heterocycles. The highest BCUT2D eigenvalue weighted by molar-refractivity contribution is 8.00. The first-order valence-corrected chi connectivity index (χ1v) is 14.5. The molecule has 4 rings (SSSR count). The molecule has 0 spiro atoms. The summed E-state index contributed by atoms with van der Waals surface area (Å²) in [5.74, 6) is -2.71. The Morgan fingerprint density at radius 1 is 0.889 bits per heavy atom. The lowest BCUT2D eigenvalue weighted by molar-refractivity contribution is -0.384. The van der Waals surface area contributed by atoms with Crippen LogP contribution in [0.25, 0.3) is 6.08 Å². The molecule has 0 bridgehead atoms. The molecule has 13 heteroatoms. The number of hydrogen-bond acceptors (Lipinski definition) is 7. The molecule has 1 atom stereocenters. The first-order valence-electron chi connectivity index (χ1n) is 13.2. The van der Waals surface area contributed by atoms with Crippen LogP contribution in [0, 0.1) is 10.1 Å². The van der Waals surface area contributed by atoms with Gasteiger partial charge in [0.25, 0.3) is 17.5 Å². The van der Waals surface area contributed by atoms with Gasteiger partial charge in [-0.2, -0.15) is 0 Å². The third-order valence-corrected chi connectivity index (χ3v) is 7.64. The van der Waals surface area contributed by atoms with Crippen molar-refractivity contribution >= 4 is 70.2 Å². The number of aromatic carboxylic acids is 1. The Morgan fingerprint density at radius 2 is 1.53 bits per heavy atom. The van der Waals surface area contributed by atoms with Gasteiger partial charge >= 0.3 is 5.97 Å². The summed E-state index contributed by atoms with van der Waals surface area (Å²) in [7, 11) is 0. The van der Waals surface area contributed by atoms with E-state index in [1.165, 1.54) is 60.3 Å². The molecule has 0 radical (unpaired) electrons. The van der Waals surface area contributed by atoms with E-state index in [1.54, 1.807) is 61.5 Å². The quantitative estimate of drug-likeness (QED) is 0.0623. The van der Waals surface area contributed by atoms with Crippen molar-refractivity contribution < 1.29 is 29.2 Å². The Balaban J connectivity index is 1.44. The lowest BCUT2D eigenvalue weighted by Gasteiger charge is -2.14. The highest BCUT2D eigenvalue weighted by Gasteiger charge is 2.18. The Bertz CT molecular complexity index is 1780. The van der Waals surface area contributed by atoms with Gasteiger partial charge in [-0.15, -0.1) is 11.8 Å². The van der Waals surface area contributed by atoms with Gasteiger partial charge in [-0.3, -0.25) is 24.5 Å².